The molecule has 1 aliphatic heterocycles. The van der Waals surface area contributed by atoms with Crippen molar-refractivity contribution in [1.29, 1.82) is 5.26 Å². The maximum atomic E-state index is 11.1. The Morgan fingerprint density at radius 1 is 1.53 bits per heavy atom. The lowest BCUT2D eigenvalue weighted by Crippen LogP contribution is -2.37. The van der Waals surface area contributed by atoms with Crippen LogP contribution in [0.25, 0.3) is 0 Å². The summed E-state index contributed by atoms with van der Waals surface area (Å²) in [7, 11) is 0. The zero-order valence-corrected chi connectivity index (χ0v) is 8.06. The van der Waals surface area contributed by atoms with Gasteiger partial charge in [-0.05, 0) is 0 Å². The Morgan fingerprint density at radius 3 is 2.93 bits per heavy atom. The Bertz CT molecular complexity index is 442. The van der Waals surface area contributed by atoms with E-state index in [0.717, 1.165) is 0 Å². The van der Waals surface area contributed by atoms with E-state index in [1.54, 1.807) is 6.07 Å². The number of rotatable bonds is 1. The minimum absolute atomic E-state index is 0.233. The number of H-pyrrole nitrogens is 1. The average molecular weight is 206 g/mol. The number of hydrogen-bond acceptors (Lipinski definition) is 5. The summed E-state index contributed by atoms with van der Waals surface area (Å²) in [6.45, 7) is 2.63. The maximum absolute atomic E-state index is 11.1. The highest BCUT2D eigenvalue weighted by Crippen LogP contribution is 2.10. The third kappa shape index (κ3) is 2.14. The summed E-state index contributed by atoms with van der Waals surface area (Å²) in [4.78, 5) is 19.2. The molecule has 78 valence electrons. The zero-order valence-electron chi connectivity index (χ0n) is 8.06. The van der Waals surface area contributed by atoms with Crippen LogP contribution in [0.3, 0.4) is 0 Å². The molecule has 15 heavy (non-hydrogen) atoms. The van der Waals surface area contributed by atoms with Crippen LogP contribution in [-0.4, -0.2) is 36.3 Å². The van der Waals surface area contributed by atoms with Gasteiger partial charge in [0.2, 0.25) is 0 Å². The Kier molecular flexibility index (Phi) is 2.65. The van der Waals surface area contributed by atoms with Crippen molar-refractivity contribution in [2.45, 2.75) is 0 Å². The highest BCUT2D eigenvalue weighted by atomic mass is 16.5. The van der Waals surface area contributed by atoms with Gasteiger partial charge < -0.3 is 9.64 Å². The molecule has 0 radical (unpaired) electrons. The number of aromatic amines is 1. The third-order valence-electron chi connectivity index (χ3n) is 2.19. The molecule has 0 aromatic carbocycles. The quantitative estimate of drug-likeness (QED) is 0.668. The van der Waals surface area contributed by atoms with Crippen molar-refractivity contribution in [3.05, 3.63) is 22.2 Å². The number of aromatic nitrogens is 2. The average Bonchev–Trinajstić information content (AvgIpc) is 2.29. The first-order valence-electron chi connectivity index (χ1n) is 4.64. The van der Waals surface area contributed by atoms with Crippen LogP contribution in [-0.2, 0) is 4.74 Å². The largest absolute Gasteiger partial charge is 0.378 e. The molecule has 0 unspecified atom stereocenters. The molecular formula is C9H10N4O2. The summed E-state index contributed by atoms with van der Waals surface area (Å²) < 4.78 is 5.19. The van der Waals surface area contributed by atoms with Gasteiger partial charge in [-0.3, -0.25) is 4.98 Å². The van der Waals surface area contributed by atoms with Crippen molar-refractivity contribution in [2.75, 3.05) is 31.2 Å². The van der Waals surface area contributed by atoms with Gasteiger partial charge >= 0.3 is 5.69 Å². The summed E-state index contributed by atoms with van der Waals surface area (Å²) in [5.74, 6) is 0.540. The number of anilines is 1. The lowest BCUT2D eigenvalue weighted by Gasteiger charge is -2.27. The molecule has 6 heteroatoms. The molecule has 6 nitrogen and oxygen atoms in total. The Hall–Kier alpha value is -1.87. The van der Waals surface area contributed by atoms with Crippen molar-refractivity contribution in [3.63, 3.8) is 0 Å². The number of nitriles is 1. The van der Waals surface area contributed by atoms with Crippen LogP contribution >= 0.6 is 0 Å². The summed E-state index contributed by atoms with van der Waals surface area (Å²) in [5.41, 5.74) is -0.257. The zero-order chi connectivity index (χ0) is 10.7. The minimum atomic E-state index is -0.490. The Morgan fingerprint density at radius 2 is 2.27 bits per heavy atom. The predicted molar refractivity (Wildman–Crippen MR) is 52.6 cm³/mol. The van der Waals surface area contributed by atoms with E-state index in [9.17, 15) is 4.79 Å². The van der Waals surface area contributed by atoms with Gasteiger partial charge in [-0.25, -0.2) is 4.79 Å². The number of nitrogens with one attached hydrogen (secondary N) is 1. The monoisotopic (exact) mass is 206 g/mol. The molecule has 1 aromatic rings. The van der Waals surface area contributed by atoms with Crippen molar-refractivity contribution in [2.24, 2.45) is 0 Å². The first-order valence-corrected chi connectivity index (χ1v) is 4.64. The molecule has 0 amide bonds. The van der Waals surface area contributed by atoms with Crippen LogP contribution in [0.4, 0.5) is 5.82 Å². The third-order valence-corrected chi connectivity index (χ3v) is 2.19. The van der Waals surface area contributed by atoms with Crippen LogP contribution in [0, 0.1) is 11.3 Å². The van der Waals surface area contributed by atoms with Gasteiger partial charge in [0.1, 0.15) is 17.6 Å². The second-order valence-electron chi connectivity index (χ2n) is 3.17. The van der Waals surface area contributed by atoms with Crippen LogP contribution < -0.4 is 10.6 Å². The Balaban J connectivity index is 2.31. The molecule has 1 N–H and O–H groups in total. The van der Waals surface area contributed by atoms with E-state index in [1.807, 2.05) is 11.0 Å². The first-order chi connectivity index (χ1) is 7.29. The first kappa shape index (κ1) is 9.68. The van der Waals surface area contributed by atoms with Gasteiger partial charge in [0, 0.05) is 19.2 Å². The highest BCUT2D eigenvalue weighted by Gasteiger charge is 2.13. The lowest BCUT2D eigenvalue weighted by molar-refractivity contribution is 0.122. The molecule has 2 heterocycles. The van der Waals surface area contributed by atoms with Gasteiger partial charge in [0.05, 0.1) is 13.2 Å². The normalized spacial score (nSPS) is 16.1. The number of ether oxygens (including phenoxy) is 1. The molecule has 1 saturated heterocycles. The topological polar surface area (TPSA) is 82.0 Å². The SMILES string of the molecule is N#Cc1cc(N2CCOCC2)nc(=O)[nH]1. The van der Waals surface area contributed by atoms with Gasteiger partial charge in [-0.2, -0.15) is 10.2 Å². The standard InChI is InChI=1S/C9H10N4O2/c10-6-7-5-8(12-9(14)11-7)13-1-3-15-4-2-13/h5H,1-4H2,(H,11,12,14). The molecule has 0 spiro atoms. The molecule has 1 aliphatic rings. The van der Waals surface area contributed by atoms with E-state index >= 15 is 0 Å². The van der Waals surface area contributed by atoms with E-state index in [1.165, 1.54) is 0 Å². The van der Waals surface area contributed by atoms with Crippen molar-refractivity contribution in [3.8, 4) is 6.07 Å². The van der Waals surface area contributed by atoms with E-state index < -0.39 is 5.69 Å². The second kappa shape index (κ2) is 4.11. The summed E-state index contributed by atoms with van der Waals surface area (Å²) in [5, 5.41) is 8.69. The fraction of sp³-hybridized carbons (Fsp3) is 0.444. The van der Waals surface area contributed by atoms with Crippen molar-refractivity contribution in [1.82, 2.24) is 9.97 Å². The molecule has 0 atom stereocenters. The van der Waals surface area contributed by atoms with Gasteiger partial charge in [0.25, 0.3) is 0 Å². The van der Waals surface area contributed by atoms with Crippen molar-refractivity contribution >= 4 is 5.82 Å². The molecule has 0 saturated carbocycles. The van der Waals surface area contributed by atoms with Crippen LogP contribution in [0.15, 0.2) is 10.9 Å². The maximum Gasteiger partial charge on any atom is 0.347 e. The van der Waals surface area contributed by atoms with Crippen LogP contribution in [0.5, 0.6) is 0 Å². The summed E-state index contributed by atoms with van der Waals surface area (Å²) in [6, 6.07) is 3.47. The number of morpholine rings is 1. The molecular weight excluding hydrogens is 196 g/mol. The highest BCUT2D eigenvalue weighted by molar-refractivity contribution is 5.42. The van der Waals surface area contributed by atoms with Gasteiger partial charge in [-0.1, -0.05) is 0 Å². The van der Waals surface area contributed by atoms with E-state index in [0.29, 0.717) is 32.1 Å². The van der Waals surface area contributed by atoms with E-state index in [-0.39, 0.29) is 5.69 Å². The molecule has 0 aliphatic carbocycles. The minimum Gasteiger partial charge on any atom is -0.378 e. The summed E-state index contributed by atoms with van der Waals surface area (Å²) in [6.07, 6.45) is 0. The van der Waals surface area contributed by atoms with Crippen LogP contribution in [0.1, 0.15) is 5.69 Å². The second-order valence-corrected chi connectivity index (χ2v) is 3.17. The predicted octanol–water partition coefficient (Wildman–Crippen LogP) is -0.522. The Labute approximate surface area is 86.1 Å². The number of nitrogens with zero attached hydrogens (tertiary/aromatic N) is 3. The van der Waals surface area contributed by atoms with Gasteiger partial charge in [-0.15, -0.1) is 0 Å². The van der Waals surface area contributed by atoms with E-state index in [2.05, 4.69) is 9.97 Å². The van der Waals surface area contributed by atoms with Gasteiger partial charge in [0.15, 0.2) is 0 Å². The molecule has 2 rings (SSSR count). The molecule has 0 bridgehead atoms. The molecule has 1 fully saturated rings. The van der Waals surface area contributed by atoms with E-state index in [4.69, 9.17) is 10.00 Å². The lowest BCUT2D eigenvalue weighted by atomic mass is 10.3. The molecule has 1 aromatic heterocycles. The fourth-order valence-electron chi connectivity index (χ4n) is 1.46. The smallest absolute Gasteiger partial charge is 0.347 e. The van der Waals surface area contributed by atoms with Crippen LogP contribution in [0.2, 0.25) is 0 Å². The fourth-order valence-corrected chi connectivity index (χ4v) is 1.46. The number of hydrogen-bond donors (Lipinski definition) is 1. The van der Waals surface area contributed by atoms with Crippen molar-refractivity contribution < 1.29 is 4.74 Å². The summed E-state index contributed by atoms with van der Waals surface area (Å²) >= 11 is 0.